The zero-order valence-electron chi connectivity index (χ0n) is 11.0. The number of halogens is 2. The van der Waals surface area contributed by atoms with Crippen molar-refractivity contribution in [1.29, 1.82) is 0 Å². The minimum absolute atomic E-state index is 0.0593. The highest BCUT2D eigenvalue weighted by Gasteiger charge is 2.11. The molecule has 1 unspecified atom stereocenters. The molecule has 0 aliphatic heterocycles. The number of aromatic nitrogens is 2. The number of rotatable bonds is 3. The van der Waals surface area contributed by atoms with Crippen molar-refractivity contribution < 1.29 is 9.50 Å². The average molecular weight is 303 g/mol. The van der Waals surface area contributed by atoms with Gasteiger partial charge in [0.25, 0.3) is 0 Å². The van der Waals surface area contributed by atoms with Crippen molar-refractivity contribution >= 4 is 22.6 Å². The molecule has 1 heterocycles. The maximum Gasteiger partial charge on any atom is 0.141 e. The normalized spacial score (nSPS) is 12.5. The van der Waals surface area contributed by atoms with Crippen LogP contribution in [0.5, 0.6) is 0 Å². The predicted molar refractivity (Wildman–Crippen MR) is 79.6 cm³/mol. The standard InChI is InChI=1S/C16H12ClFN2O/c17-12-7-10(1-3-13(12)18)8-16(21)11-2-4-14-15(9-11)20-6-5-19-14/h1-7,9,16,21H,8H2. The second kappa shape index (κ2) is 5.76. The van der Waals surface area contributed by atoms with Crippen molar-refractivity contribution in [3.63, 3.8) is 0 Å². The number of fused-ring (bicyclic) bond motifs is 1. The van der Waals surface area contributed by atoms with Crippen molar-refractivity contribution in [2.24, 2.45) is 0 Å². The summed E-state index contributed by atoms with van der Waals surface area (Å²) in [5.41, 5.74) is 3.01. The fourth-order valence-electron chi connectivity index (χ4n) is 2.20. The molecule has 1 aromatic heterocycles. The molecule has 0 radical (unpaired) electrons. The Morgan fingerprint density at radius 2 is 1.81 bits per heavy atom. The van der Waals surface area contributed by atoms with Gasteiger partial charge in [0.2, 0.25) is 0 Å². The number of aliphatic hydroxyl groups is 1. The summed E-state index contributed by atoms with van der Waals surface area (Å²) in [5, 5.41) is 10.4. The number of hydrogen-bond donors (Lipinski definition) is 1. The summed E-state index contributed by atoms with van der Waals surface area (Å²) in [4.78, 5) is 8.40. The van der Waals surface area contributed by atoms with E-state index in [1.807, 2.05) is 12.1 Å². The Hall–Kier alpha value is -2.04. The third-order valence-electron chi connectivity index (χ3n) is 3.29. The maximum absolute atomic E-state index is 13.1. The Bertz CT molecular complexity index is 794. The zero-order valence-corrected chi connectivity index (χ0v) is 11.8. The molecular weight excluding hydrogens is 291 g/mol. The molecule has 106 valence electrons. The lowest BCUT2D eigenvalue weighted by molar-refractivity contribution is 0.178. The van der Waals surface area contributed by atoms with Crippen LogP contribution in [-0.4, -0.2) is 15.1 Å². The van der Waals surface area contributed by atoms with E-state index in [1.54, 1.807) is 24.5 Å². The van der Waals surface area contributed by atoms with E-state index in [-0.39, 0.29) is 5.02 Å². The van der Waals surface area contributed by atoms with Crippen LogP contribution in [-0.2, 0) is 6.42 Å². The molecular formula is C16H12ClFN2O. The van der Waals surface area contributed by atoms with Gasteiger partial charge < -0.3 is 5.11 Å². The Labute approximate surface area is 126 Å². The number of aliphatic hydroxyl groups excluding tert-OH is 1. The zero-order chi connectivity index (χ0) is 14.8. The second-order valence-electron chi connectivity index (χ2n) is 4.77. The van der Waals surface area contributed by atoms with E-state index in [0.29, 0.717) is 6.42 Å². The number of hydrogen-bond acceptors (Lipinski definition) is 3. The third-order valence-corrected chi connectivity index (χ3v) is 3.58. The fraction of sp³-hybridized carbons (Fsp3) is 0.125. The van der Waals surface area contributed by atoms with E-state index < -0.39 is 11.9 Å². The van der Waals surface area contributed by atoms with Crippen LogP contribution < -0.4 is 0 Å². The Morgan fingerprint density at radius 1 is 1.05 bits per heavy atom. The first-order valence-corrected chi connectivity index (χ1v) is 6.84. The van der Waals surface area contributed by atoms with E-state index in [2.05, 4.69) is 9.97 Å². The molecule has 21 heavy (non-hydrogen) atoms. The molecule has 0 bridgehead atoms. The molecule has 1 N–H and O–H groups in total. The van der Waals surface area contributed by atoms with E-state index in [9.17, 15) is 9.50 Å². The van der Waals surface area contributed by atoms with Crippen molar-refractivity contribution in [1.82, 2.24) is 9.97 Å². The summed E-state index contributed by atoms with van der Waals surface area (Å²) in [7, 11) is 0. The lowest BCUT2D eigenvalue weighted by atomic mass is 10.0. The van der Waals surface area contributed by atoms with Crippen LogP contribution in [0.4, 0.5) is 4.39 Å². The molecule has 3 rings (SSSR count). The van der Waals surface area contributed by atoms with Crippen molar-refractivity contribution in [3.05, 3.63) is 70.8 Å². The minimum Gasteiger partial charge on any atom is -0.388 e. The molecule has 3 nitrogen and oxygen atoms in total. The molecule has 0 saturated carbocycles. The predicted octanol–water partition coefficient (Wildman–Crippen LogP) is 3.70. The molecule has 1 atom stereocenters. The SMILES string of the molecule is OC(Cc1ccc(F)c(Cl)c1)c1ccc2nccnc2c1. The van der Waals surface area contributed by atoms with Crippen LogP contribution in [0.25, 0.3) is 11.0 Å². The first-order valence-electron chi connectivity index (χ1n) is 6.46. The number of benzene rings is 2. The molecule has 2 aromatic carbocycles. The second-order valence-corrected chi connectivity index (χ2v) is 5.18. The van der Waals surface area contributed by atoms with Crippen LogP contribution in [0.2, 0.25) is 5.02 Å². The molecule has 0 fully saturated rings. The topological polar surface area (TPSA) is 46.0 Å². The van der Waals surface area contributed by atoms with Gasteiger partial charge in [-0.1, -0.05) is 23.7 Å². The van der Waals surface area contributed by atoms with Crippen molar-refractivity contribution in [2.75, 3.05) is 0 Å². The highest BCUT2D eigenvalue weighted by atomic mass is 35.5. The quantitative estimate of drug-likeness (QED) is 0.802. The first kappa shape index (κ1) is 13.9. The van der Waals surface area contributed by atoms with Gasteiger partial charge in [-0.05, 0) is 35.4 Å². The number of nitrogens with zero attached hydrogens (tertiary/aromatic N) is 2. The van der Waals surface area contributed by atoms with E-state index in [4.69, 9.17) is 11.6 Å². The maximum atomic E-state index is 13.1. The van der Waals surface area contributed by atoms with Crippen LogP contribution in [0.15, 0.2) is 48.8 Å². The highest BCUT2D eigenvalue weighted by Crippen LogP contribution is 2.23. The largest absolute Gasteiger partial charge is 0.388 e. The van der Waals surface area contributed by atoms with Crippen molar-refractivity contribution in [3.8, 4) is 0 Å². The average Bonchev–Trinajstić information content (AvgIpc) is 2.50. The van der Waals surface area contributed by atoms with Gasteiger partial charge in [0.05, 0.1) is 22.2 Å². The van der Waals surface area contributed by atoms with Crippen LogP contribution in [0, 0.1) is 5.82 Å². The summed E-state index contributed by atoms with van der Waals surface area (Å²) in [6.07, 6.45) is 2.88. The van der Waals surface area contributed by atoms with Gasteiger partial charge in [-0.2, -0.15) is 0 Å². The van der Waals surface area contributed by atoms with Gasteiger partial charge in [-0.15, -0.1) is 0 Å². The molecule has 0 spiro atoms. The van der Waals surface area contributed by atoms with Gasteiger partial charge in [0.1, 0.15) is 5.82 Å². The highest BCUT2D eigenvalue weighted by molar-refractivity contribution is 6.30. The molecule has 0 aliphatic carbocycles. The Morgan fingerprint density at radius 3 is 2.57 bits per heavy atom. The van der Waals surface area contributed by atoms with Crippen molar-refractivity contribution in [2.45, 2.75) is 12.5 Å². The van der Waals surface area contributed by atoms with Gasteiger partial charge in [0, 0.05) is 18.8 Å². The summed E-state index contributed by atoms with van der Waals surface area (Å²) >= 11 is 5.75. The Kier molecular flexibility index (Phi) is 3.82. The van der Waals surface area contributed by atoms with Crippen LogP contribution >= 0.6 is 11.6 Å². The summed E-state index contributed by atoms with van der Waals surface area (Å²) in [6.45, 7) is 0. The minimum atomic E-state index is -0.710. The fourth-order valence-corrected chi connectivity index (χ4v) is 2.40. The third kappa shape index (κ3) is 3.01. The molecule has 3 aromatic rings. The summed E-state index contributed by atoms with van der Waals surface area (Å²) in [5.74, 6) is -0.462. The monoisotopic (exact) mass is 302 g/mol. The summed E-state index contributed by atoms with van der Waals surface area (Å²) in [6, 6.07) is 9.88. The Balaban J connectivity index is 1.85. The molecule has 0 aliphatic rings. The molecule has 0 saturated heterocycles. The molecule has 5 heteroatoms. The van der Waals surface area contributed by atoms with Gasteiger partial charge in [-0.25, -0.2) is 4.39 Å². The first-order chi connectivity index (χ1) is 10.1. The summed E-state index contributed by atoms with van der Waals surface area (Å²) < 4.78 is 13.1. The molecule has 0 amide bonds. The van der Waals surface area contributed by atoms with Gasteiger partial charge in [-0.3, -0.25) is 9.97 Å². The van der Waals surface area contributed by atoms with E-state index in [1.165, 1.54) is 12.1 Å². The lowest BCUT2D eigenvalue weighted by Gasteiger charge is -2.12. The van der Waals surface area contributed by atoms with E-state index >= 15 is 0 Å². The lowest BCUT2D eigenvalue weighted by Crippen LogP contribution is -2.02. The van der Waals surface area contributed by atoms with Gasteiger partial charge in [0.15, 0.2) is 0 Å². The van der Waals surface area contributed by atoms with Crippen LogP contribution in [0.3, 0.4) is 0 Å². The van der Waals surface area contributed by atoms with E-state index in [0.717, 1.165) is 22.2 Å². The van der Waals surface area contributed by atoms with Crippen LogP contribution in [0.1, 0.15) is 17.2 Å². The van der Waals surface area contributed by atoms with Gasteiger partial charge >= 0.3 is 0 Å². The smallest absolute Gasteiger partial charge is 0.141 e.